The standard InChI is InChI=1S/C20H13BrClNO3S2/c1-3-7-26-18-15(21)8-12(9-16(18)25-2)10-17-19(24)23(20(27)28-17)14-6-4-5-13(22)11-14/h1,4-6,8-11H,7H2,2H3/b17-10+. The number of terminal acetylenes is 1. The SMILES string of the molecule is C#CCOc1c(Br)cc(/C=C2/SC(=S)N(c3cccc(Cl)c3)C2=O)cc1OC. The van der Waals surface area contributed by atoms with Gasteiger partial charge < -0.3 is 9.47 Å². The van der Waals surface area contributed by atoms with Gasteiger partial charge in [0, 0.05) is 5.02 Å². The molecule has 0 unspecified atom stereocenters. The number of thioether (sulfide) groups is 1. The van der Waals surface area contributed by atoms with E-state index in [1.807, 2.05) is 6.07 Å². The molecule has 0 spiro atoms. The van der Waals surface area contributed by atoms with E-state index in [1.54, 1.807) is 36.4 Å². The molecule has 1 amide bonds. The molecule has 4 nitrogen and oxygen atoms in total. The van der Waals surface area contributed by atoms with E-state index in [0.29, 0.717) is 35.9 Å². The number of benzene rings is 2. The molecule has 28 heavy (non-hydrogen) atoms. The van der Waals surface area contributed by atoms with Crippen LogP contribution in [0.25, 0.3) is 6.08 Å². The fourth-order valence-corrected chi connectivity index (χ4v) is 4.59. The van der Waals surface area contributed by atoms with Gasteiger partial charge in [0.05, 0.1) is 22.2 Å². The second-order valence-corrected chi connectivity index (χ2v) is 8.49. The highest BCUT2D eigenvalue weighted by molar-refractivity contribution is 9.10. The van der Waals surface area contributed by atoms with Crippen molar-refractivity contribution in [1.29, 1.82) is 0 Å². The molecule has 3 rings (SSSR count). The number of hydrogen-bond acceptors (Lipinski definition) is 5. The molecular formula is C20H13BrClNO3S2. The number of carbonyl (C=O) groups is 1. The number of rotatable bonds is 5. The third-order valence-corrected chi connectivity index (χ3v) is 5.84. The van der Waals surface area contributed by atoms with E-state index in [0.717, 1.165) is 5.56 Å². The highest BCUT2D eigenvalue weighted by Crippen LogP contribution is 2.40. The number of carbonyl (C=O) groups excluding carboxylic acids is 1. The number of ether oxygens (including phenoxy) is 2. The summed E-state index contributed by atoms with van der Waals surface area (Å²) in [5.41, 5.74) is 1.39. The predicted octanol–water partition coefficient (Wildman–Crippen LogP) is 5.53. The van der Waals surface area contributed by atoms with Crippen LogP contribution in [0.4, 0.5) is 5.69 Å². The molecule has 1 aliphatic heterocycles. The van der Waals surface area contributed by atoms with E-state index in [2.05, 4.69) is 21.9 Å². The summed E-state index contributed by atoms with van der Waals surface area (Å²) in [6.45, 7) is 0.118. The second-order valence-electron chi connectivity index (χ2n) is 5.52. The van der Waals surface area contributed by atoms with Gasteiger partial charge in [-0.3, -0.25) is 9.69 Å². The minimum atomic E-state index is -0.208. The van der Waals surface area contributed by atoms with E-state index in [-0.39, 0.29) is 12.5 Å². The van der Waals surface area contributed by atoms with Crippen molar-refractivity contribution >= 4 is 73.5 Å². The Balaban J connectivity index is 1.94. The Bertz CT molecular complexity index is 1030. The van der Waals surface area contributed by atoms with Gasteiger partial charge in [-0.2, -0.15) is 0 Å². The maximum atomic E-state index is 12.9. The summed E-state index contributed by atoms with van der Waals surface area (Å²) in [7, 11) is 1.53. The zero-order valence-electron chi connectivity index (χ0n) is 14.6. The molecule has 8 heteroatoms. The first-order valence-corrected chi connectivity index (χ1v) is 10.3. The molecule has 1 fully saturated rings. The van der Waals surface area contributed by atoms with E-state index in [1.165, 1.54) is 23.8 Å². The normalized spacial score (nSPS) is 15.1. The lowest BCUT2D eigenvalue weighted by atomic mass is 10.1. The van der Waals surface area contributed by atoms with Crippen LogP contribution in [0.5, 0.6) is 11.5 Å². The summed E-state index contributed by atoms with van der Waals surface area (Å²) in [5, 5.41) is 0.534. The van der Waals surface area contributed by atoms with Crippen LogP contribution in [0, 0.1) is 12.3 Å². The van der Waals surface area contributed by atoms with Crippen molar-refractivity contribution in [3.05, 3.63) is 56.4 Å². The molecule has 2 aromatic rings. The fraction of sp³-hybridized carbons (Fsp3) is 0.100. The summed E-state index contributed by atoms with van der Waals surface area (Å²) in [6, 6.07) is 10.6. The van der Waals surface area contributed by atoms with Crippen molar-refractivity contribution in [2.24, 2.45) is 0 Å². The Hall–Kier alpha value is -1.98. The first kappa shape index (κ1) is 20.7. The van der Waals surface area contributed by atoms with Crippen molar-refractivity contribution in [2.75, 3.05) is 18.6 Å². The van der Waals surface area contributed by atoms with Crippen LogP contribution in [-0.4, -0.2) is 23.9 Å². The average Bonchev–Trinajstić information content (AvgIpc) is 2.93. The lowest BCUT2D eigenvalue weighted by molar-refractivity contribution is -0.113. The Morgan fingerprint density at radius 3 is 2.86 bits per heavy atom. The first-order chi connectivity index (χ1) is 13.4. The van der Waals surface area contributed by atoms with Gasteiger partial charge in [-0.15, -0.1) is 6.42 Å². The maximum Gasteiger partial charge on any atom is 0.270 e. The van der Waals surface area contributed by atoms with Gasteiger partial charge in [0.25, 0.3) is 5.91 Å². The van der Waals surface area contributed by atoms with Crippen LogP contribution in [0.15, 0.2) is 45.8 Å². The molecule has 1 heterocycles. The zero-order chi connectivity index (χ0) is 20.3. The number of thiocarbonyl (C=S) groups is 1. The van der Waals surface area contributed by atoms with Crippen LogP contribution < -0.4 is 14.4 Å². The minimum Gasteiger partial charge on any atom is -0.493 e. The van der Waals surface area contributed by atoms with Crippen molar-refractivity contribution in [2.45, 2.75) is 0 Å². The third-order valence-electron chi connectivity index (χ3n) is 3.71. The van der Waals surface area contributed by atoms with Gasteiger partial charge >= 0.3 is 0 Å². The number of methoxy groups -OCH3 is 1. The number of halogens is 2. The van der Waals surface area contributed by atoms with E-state index in [9.17, 15) is 4.79 Å². The van der Waals surface area contributed by atoms with Crippen LogP contribution >= 0.6 is 51.5 Å². The predicted molar refractivity (Wildman–Crippen MR) is 122 cm³/mol. The van der Waals surface area contributed by atoms with Crippen LogP contribution in [0.2, 0.25) is 5.02 Å². The smallest absolute Gasteiger partial charge is 0.270 e. The number of anilines is 1. The highest BCUT2D eigenvalue weighted by Gasteiger charge is 2.33. The van der Waals surface area contributed by atoms with E-state index < -0.39 is 0 Å². The molecular weight excluding hydrogens is 482 g/mol. The number of hydrogen-bond donors (Lipinski definition) is 0. The summed E-state index contributed by atoms with van der Waals surface area (Å²) < 4.78 is 12.0. The average molecular weight is 495 g/mol. The van der Waals surface area contributed by atoms with Crippen LogP contribution in [0.3, 0.4) is 0 Å². The van der Waals surface area contributed by atoms with E-state index >= 15 is 0 Å². The summed E-state index contributed by atoms with van der Waals surface area (Å²) in [6.07, 6.45) is 7.00. The summed E-state index contributed by atoms with van der Waals surface area (Å²) >= 11 is 16.1. The van der Waals surface area contributed by atoms with Gasteiger partial charge in [0.1, 0.15) is 6.61 Å². The molecule has 142 valence electrons. The van der Waals surface area contributed by atoms with Crippen molar-refractivity contribution in [1.82, 2.24) is 0 Å². The summed E-state index contributed by atoms with van der Waals surface area (Å²) in [5.74, 6) is 3.21. The van der Waals surface area contributed by atoms with Crippen molar-refractivity contribution in [3.63, 3.8) is 0 Å². The highest BCUT2D eigenvalue weighted by atomic mass is 79.9. The number of nitrogens with zero attached hydrogens (tertiary/aromatic N) is 1. The Kier molecular flexibility index (Phi) is 6.68. The van der Waals surface area contributed by atoms with Gasteiger partial charge in [-0.1, -0.05) is 47.6 Å². The fourth-order valence-electron chi connectivity index (χ4n) is 2.53. The molecule has 0 saturated carbocycles. The molecule has 0 bridgehead atoms. The second kappa shape index (κ2) is 9.01. The monoisotopic (exact) mass is 493 g/mol. The minimum absolute atomic E-state index is 0.118. The van der Waals surface area contributed by atoms with Gasteiger partial charge in [-0.25, -0.2) is 0 Å². The van der Waals surface area contributed by atoms with Crippen molar-refractivity contribution < 1.29 is 14.3 Å². The molecule has 2 aromatic carbocycles. The third kappa shape index (κ3) is 4.36. The molecule has 0 aromatic heterocycles. The number of amides is 1. The quantitative estimate of drug-likeness (QED) is 0.310. The Morgan fingerprint density at radius 2 is 2.18 bits per heavy atom. The first-order valence-electron chi connectivity index (χ1n) is 7.92. The Labute approximate surface area is 186 Å². The maximum absolute atomic E-state index is 12.9. The molecule has 0 atom stereocenters. The molecule has 0 radical (unpaired) electrons. The molecule has 0 N–H and O–H groups in total. The topological polar surface area (TPSA) is 38.8 Å². The summed E-state index contributed by atoms with van der Waals surface area (Å²) in [4.78, 5) is 14.9. The van der Waals surface area contributed by atoms with Crippen molar-refractivity contribution in [3.8, 4) is 23.8 Å². The Morgan fingerprint density at radius 1 is 1.39 bits per heavy atom. The van der Waals surface area contributed by atoms with Gasteiger partial charge in [0.2, 0.25) is 0 Å². The molecule has 1 aliphatic rings. The molecule has 0 aliphatic carbocycles. The zero-order valence-corrected chi connectivity index (χ0v) is 18.5. The van der Waals surface area contributed by atoms with E-state index in [4.69, 9.17) is 39.7 Å². The van der Waals surface area contributed by atoms with Gasteiger partial charge in [-0.05, 0) is 57.9 Å². The lowest BCUT2D eigenvalue weighted by Gasteiger charge is -2.14. The molecule has 1 saturated heterocycles. The van der Waals surface area contributed by atoms with Crippen LogP contribution in [-0.2, 0) is 4.79 Å². The van der Waals surface area contributed by atoms with Gasteiger partial charge in [0.15, 0.2) is 15.8 Å². The van der Waals surface area contributed by atoms with Crippen LogP contribution in [0.1, 0.15) is 5.56 Å². The lowest BCUT2D eigenvalue weighted by Crippen LogP contribution is -2.27. The largest absolute Gasteiger partial charge is 0.493 e.